The molecule has 1 saturated heterocycles. The molecule has 0 bridgehead atoms. The van der Waals surface area contributed by atoms with Crippen LogP contribution in [-0.4, -0.2) is 68.8 Å². The number of fused-ring (bicyclic) bond motifs is 1. The second-order valence-electron chi connectivity index (χ2n) is 6.19. The van der Waals surface area contributed by atoms with Crippen LogP contribution in [0.1, 0.15) is 16.1 Å². The van der Waals surface area contributed by atoms with E-state index in [1.54, 1.807) is 0 Å². The fourth-order valence-electron chi connectivity index (χ4n) is 2.92. The van der Waals surface area contributed by atoms with Crippen LogP contribution in [-0.2, 0) is 4.74 Å². The summed E-state index contributed by atoms with van der Waals surface area (Å²) in [6.07, 6.45) is -7.57. The molecule has 10 heteroatoms. The minimum absolute atomic E-state index is 0.0421. The maximum Gasteiger partial charge on any atom is 0.336 e. The van der Waals surface area contributed by atoms with Crippen molar-refractivity contribution in [1.29, 1.82) is 0 Å². The van der Waals surface area contributed by atoms with Gasteiger partial charge in [-0.2, -0.15) is 0 Å². The first-order chi connectivity index (χ1) is 12.7. The number of carbonyl (C=O) groups is 1. The third kappa shape index (κ3) is 3.53. The van der Waals surface area contributed by atoms with Crippen molar-refractivity contribution in [3.05, 3.63) is 39.7 Å². The van der Waals surface area contributed by atoms with Gasteiger partial charge in [-0.15, -0.1) is 0 Å². The quantitative estimate of drug-likeness (QED) is 0.441. The van der Waals surface area contributed by atoms with Crippen LogP contribution in [0.5, 0.6) is 5.75 Å². The highest BCUT2D eigenvalue weighted by Crippen LogP contribution is 2.28. The fraction of sp³-hybridized carbons (Fsp3) is 0.412. The van der Waals surface area contributed by atoms with E-state index in [1.165, 1.54) is 13.0 Å². The van der Waals surface area contributed by atoms with Gasteiger partial charge in [0.05, 0.1) is 17.6 Å². The summed E-state index contributed by atoms with van der Waals surface area (Å²) in [5.41, 5.74) is -0.953. The lowest BCUT2D eigenvalue weighted by molar-refractivity contribution is -0.277. The molecule has 0 amide bonds. The number of benzene rings is 1. The second-order valence-corrected chi connectivity index (χ2v) is 6.19. The number of carboxylic acids is 1. The van der Waals surface area contributed by atoms with E-state index in [-0.39, 0.29) is 28.0 Å². The number of hydrogen-bond acceptors (Lipinski definition) is 9. The molecule has 0 radical (unpaired) electrons. The van der Waals surface area contributed by atoms with Crippen molar-refractivity contribution in [2.45, 2.75) is 37.6 Å². The van der Waals surface area contributed by atoms with Crippen molar-refractivity contribution in [2.24, 2.45) is 0 Å². The molecular weight excluding hydrogens is 364 g/mol. The Bertz CT molecular complexity index is 918. The molecule has 0 unspecified atom stereocenters. The lowest BCUT2D eigenvalue weighted by Crippen LogP contribution is -2.60. The molecule has 5 atom stereocenters. The number of aromatic carboxylic acids is 1. The number of rotatable bonds is 4. The number of carboxylic acid groups (broad SMARTS) is 1. The molecule has 1 aromatic carbocycles. The first-order valence-electron chi connectivity index (χ1n) is 8.02. The number of ether oxygens (including phenoxy) is 2. The maximum absolute atomic E-state index is 12.1. The van der Waals surface area contributed by atoms with Crippen LogP contribution in [0, 0.1) is 6.92 Å². The van der Waals surface area contributed by atoms with Crippen LogP contribution in [0.2, 0.25) is 0 Å². The Morgan fingerprint density at radius 3 is 2.48 bits per heavy atom. The number of hydrogen-bond donors (Lipinski definition) is 5. The standard InChI is InChI=1S/C17H18O10/c1-6-2-9(19)12-8(16(23)24)3-7(4-10(12)25-6)26-17-15(22)14(21)13(20)11(5-18)27-17/h2-4,11,13-15,17-18,20-22H,5H2,1H3,(H,23,24)/t11-,13-,14+,15-,17-/m1/s1. The predicted molar refractivity (Wildman–Crippen MR) is 88.6 cm³/mol. The summed E-state index contributed by atoms with van der Waals surface area (Å²) in [6.45, 7) is 0.878. The summed E-state index contributed by atoms with van der Waals surface area (Å²) in [5.74, 6) is -1.25. The molecule has 5 N–H and O–H groups in total. The minimum Gasteiger partial charge on any atom is -0.478 e. The summed E-state index contributed by atoms with van der Waals surface area (Å²) in [6, 6.07) is 3.46. The van der Waals surface area contributed by atoms with Gasteiger partial charge in [0, 0.05) is 12.1 Å². The van der Waals surface area contributed by atoms with Crippen LogP contribution in [0.4, 0.5) is 0 Å². The van der Waals surface area contributed by atoms with E-state index in [0.29, 0.717) is 0 Å². The summed E-state index contributed by atoms with van der Waals surface area (Å²) in [5, 5.41) is 48.1. The Balaban J connectivity index is 2.02. The zero-order valence-corrected chi connectivity index (χ0v) is 14.1. The van der Waals surface area contributed by atoms with Gasteiger partial charge in [0.1, 0.15) is 41.5 Å². The summed E-state index contributed by atoms with van der Waals surface area (Å²) in [4.78, 5) is 23.7. The molecular formula is C17H18O10. The topological polar surface area (TPSA) is 167 Å². The Morgan fingerprint density at radius 2 is 1.85 bits per heavy atom. The van der Waals surface area contributed by atoms with Crippen LogP contribution in [0.15, 0.2) is 27.4 Å². The van der Waals surface area contributed by atoms with Crippen molar-refractivity contribution in [2.75, 3.05) is 6.61 Å². The Kier molecular flexibility index (Phi) is 5.18. The van der Waals surface area contributed by atoms with E-state index in [4.69, 9.17) is 13.9 Å². The van der Waals surface area contributed by atoms with E-state index in [1.807, 2.05) is 0 Å². The van der Waals surface area contributed by atoms with E-state index in [2.05, 4.69) is 0 Å². The molecule has 1 aliphatic heterocycles. The van der Waals surface area contributed by atoms with Gasteiger partial charge in [-0.1, -0.05) is 0 Å². The van der Waals surface area contributed by atoms with Crippen molar-refractivity contribution >= 4 is 16.9 Å². The van der Waals surface area contributed by atoms with Gasteiger partial charge >= 0.3 is 5.97 Å². The summed E-state index contributed by atoms with van der Waals surface area (Å²) in [7, 11) is 0. The molecule has 1 aromatic heterocycles. The largest absolute Gasteiger partial charge is 0.478 e. The van der Waals surface area contributed by atoms with Gasteiger partial charge in [0.15, 0.2) is 5.43 Å². The van der Waals surface area contributed by atoms with Gasteiger partial charge in [-0.3, -0.25) is 4.79 Å². The van der Waals surface area contributed by atoms with Crippen molar-refractivity contribution in [3.8, 4) is 5.75 Å². The maximum atomic E-state index is 12.1. The highest BCUT2D eigenvalue weighted by molar-refractivity contribution is 6.02. The molecule has 0 aliphatic carbocycles. The number of aliphatic hydroxyl groups excluding tert-OH is 4. The molecule has 1 fully saturated rings. The summed E-state index contributed by atoms with van der Waals surface area (Å²) < 4.78 is 16.0. The average Bonchev–Trinajstić information content (AvgIpc) is 2.61. The van der Waals surface area contributed by atoms with E-state index < -0.39 is 48.7 Å². The highest BCUT2D eigenvalue weighted by atomic mass is 16.7. The molecule has 2 aromatic rings. The van der Waals surface area contributed by atoms with E-state index in [0.717, 1.165) is 12.1 Å². The van der Waals surface area contributed by atoms with Gasteiger partial charge in [-0.05, 0) is 13.0 Å². The second kappa shape index (κ2) is 7.25. The van der Waals surface area contributed by atoms with E-state index >= 15 is 0 Å². The minimum atomic E-state index is -1.67. The molecule has 10 nitrogen and oxygen atoms in total. The van der Waals surface area contributed by atoms with Crippen LogP contribution in [0.3, 0.4) is 0 Å². The lowest BCUT2D eigenvalue weighted by Gasteiger charge is -2.39. The van der Waals surface area contributed by atoms with E-state index in [9.17, 15) is 35.1 Å². The highest BCUT2D eigenvalue weighted by Gasteiger charge is 2.44. The fourth-order valence-corrected chi connectivity index (χ4v) is 2.92. The lowest BCUT2D eigenvalue weighted by atomic mass is 9.99. The average molecular weight is 382 g/mol. The smallest absolute Gasteiger partial charge is 0.336 e. The first-order valence-corrected chi connectivity index (χ1v) is 8.02. The Labute approximate surface area is 151 Å². The molecule has 1 aliphatic rings. The number of aliphatic hydroxyl groups is 4. The predicted octanol–water partition coefficient (Wildman–Crippen LogP) is -1.02. The van der Waals surface area contributed by atoms with Crippen LogP contribution >= 0.6 is 0 Å². The van der Waals surface area contributed by atoms with Gasteiger partial charge in [0.2, 0.25) is 6.29 Å². The van der Waals surface area contributed by atoms with Gasteiger partial charge in [-0.25, -0.2) is 4.79 Å². The molecule has 3 rings (SSSR count). The molecule has 0 spiro atoms. The SMILES string of the molecule is Cc1cc(=O)c2c(C(=O)O)cc(O[C@@H]3O[C@H](CO)[C@@H](O)[C@H](O)[C@H]3O)cc2o1. The third-order valence-electron chi connectivity index (χ3n) is 4.26. The first kappa shape index (κ1) is 19.3. The van der Waals surface area contributed by atoms with Gasteiger partial charge in [0.25, 0.3) is 0 Å². The third-order valence-corrected chi connectivity index (χ3v) is 4.26. The monoisotopic (exact) mass is 382 g/mol. The molecule has 0 saturated carbocycles. The normalized spacial score (nSPS) is 28.3. The van der Waals surface area contributed by atoms with Gasteiger partial charge < -0.3 is 39.4 Å². The molecule has 146 valence electrons. The molecule has 2 heterocycles. The van der Waals surface area contributed by atoms with Crippen molar-refractivity contribution < 1.29 is 44.2 Å². The zero-order valence-electron chi connectivity index (χ0n) is 14.1. The Hall–Kier alpha value is -2.50. The zero-order chi connectivity index (χ0) is 19.9. The van der Waals surface area contributed by atoms with Crippen LogP contribution in [0.25, 0.3) is 11.0 Å². The number of aryl methyl sites for hydroxylation is 1. The molecule has 27 heavy (non-hydrogen) atoms. The van der Waals surface area contributed by atoms with Crippen molar-refractivity contribution in [1.82, 2.24) is 0 Å². The van der Waals surface area contributed by atoms with Crippen molar-refractivity contribution in [3.63, 3.8) is 0 Å². The summed E-state index contributed by atoms with van der Waals surface area (Å²) >= 11 is 0. The Morgan fingerprint density at radius 1 is 1.15 bits per heavy atom. The van der Waals surface area contributed by atoms with Crippen LogP contribution < -0.4 is 10.2 Å².